The second kappa shape index (κ2) is 64.4. The van der Waals surface area contributed by atoms with Gasteiger partial charge in [-0.1, -0.05) is 286 Å². The van der Waals surface area contributed by atoms with Crippen LogP contribution in [-0.4, -0.2) is 37.2 Å². The fourth-order valence-electron chi connectivity index (χ4n) is 9.47. The molecule has 0 aliphatic rings. The minimum Gasteiger partial charge on any atom is -0.462 e. The summed E-state index contributed by atoms with van der Waals surface area (Å²) in [5, 5.41) is 0. The molecule has 0 aromatic heterocycles. The zero-order chi connectivity index (χ0) is 55.0. The highest BCUT2D eigenvalue weighted by atomic mass is 16.6. The second-order valence-electron chi connectivity index (χ2n) is 22.0. The van der Waals surface area contributed by atoms with Crippen molar-refractivity contribution >= 4 is 17.9 Å². The third-order valence-corrected chi connectivity index (χ3v) is 14.4. The highest BCUT2D eigenvalue weighted by molar-refractivity contribution is 5.71. The van der Waals surface area contributed by atoms with E-state index >= 15 is 0 Å². The highest BCUT2D eigenvalue weighted by Crippen LogP contribution is 2.17. The maximum atomic E-state index is 12.9. The molecule has 6 nitrogen and oxygen atoms in total. The average Bonchev–Trinajstić information content (AvgIpc) is 3.42. The lowest BCUT2D eigenvalue weighted by atomic mass is 10.0. The predicted octanol–water partition coefficient (Wildman–Crippen LogP) is 22.5. The smallest absolute Gasteiger partial charge is 0.306 e. The number of hydrogen-bond acceptors (Lipinski definition) is 6. The van der Waals surface area contributed by atoms with Crippen LogP contribution in [0.4, 0.5) is 0 Å². The molecule has 0 rings (SSSR count). The first kappa shape index (κ1) is 72.8. The van der Waals surface area contributed by atoms with E-state index in [0.717, 1.165) is 89.9 Å². The van der Waals surface area contributed by atoms with Crippen molar-refractivity contribution in [2.24, 2.45) is 0 Å². The standard InChI is InChI=1S/C70H124O6/c1-4-7-10-13-16-19-22-24-26-28-30-31-32-33-34-35-36-37-38-39-40-42-43-45-48-51-54-57-60-63-69(72)75-66-67(65-74-68(71)62-59-56-53-50-47-21-18-15-12-9-6-3)76-70(73)64-61-58-55-52-49-46-44-41-29-27-25-23-20-17-14-11-8-5-2/h7,10,15-16,18-19,24,26-27,29-31,67H,4-6,8-9,11-14,17,20-23,25,28,32-66H2,1-3H3/b10-7-,18-15-,19-16-,26-24-,29-27-,31-30-. The van der Waals surface area contributed by atoms with Crippen molar-refractivity contribution in [2.75, 3.05) is 13.2 Å². The number of hydrogen-bond donors (Lipinski definition) is 0. The Morgan fingerprint density at radius 3 is 0.855 bits per heavy atom. The molecule has 0 aliphatic heterocycles. The number of carbonyl (C=O) groups excluding carboxylic acids is 3. The first-order valence-corrected chi connectivity index (χ1v) is 32.9. The monoisotopic (exact) mass is 1060 g/mol. The van der Waals surface area contributed by atoms with E-state index < -0.39 is 6.10 Å². The maximum absolute atomic E-state index is 12.9. The number of esters is 3. The van der Waals surface area contributed by atoms with Gasteiger partial charge >= 0.3 is 17.9 Å². The predicted molar refractivity (Wildman–Crippen MR) is 330 cm³/mol. The molecule has 0 bridgehead atoms. The van der Waals surface area contributed by atoms with E-state index in [0.29, 0.717) is 19.3 Å². The van der Waals surface area contributed by atoms with Gasteiger partial charge in [0.05, 0.1) is 0 Å². The second-order valence-corrected chi connectivity index (χ2v) is 22.0. The summed E-state index contributed by atoms with van der Waals surface area (Å²) in [6, 6.07) is 0. The van der Waals surface area contributed by atoms with Crippen LogP contribution in [0.15, 0.2) is 72.9 Å². The van der Waals surface area contributed by atoms with Gasteiger partial charge in [0.2, 0.25) is 0 Å². The molecule has 0 aromatic carbocycles. The van der Waals surface area contributed by atoms with Gasteiger partial charge in [-0.2, -0.15) is 0 Å². The van der Waals surface area contributed by atoms with Crippen molar-refractivity contribution in [1.82, 2.24) is 0 Å². The van der Waals surface area contributed by atoms with Gasteiger partial charge in [-0.05, 0) is 103 Å². The Morgan fingerprint density at radius 2 is 0.526 bits per heavy atom. The molecule has 440 valence electrons. The van der Waals surface area contributed by atoms with Crippen molar-refractivity contribution in [3.05, 3.63) is 72.9 Å². The van der Waals surface area contributed by atoms with Crippen LogP contribution in [0.3, 0.4) is 0 Å². The van der Waals surface area contributed by atoms with E-state index in [2.05, 4.69) is 93.7 Å². The molecular weight excluding hydrogens is 937 g/mol. The third-order valence-electron chi connectivity index (χ3n) is 14.4. The van der Waals surface area contributed by atoms with Gasteiger partial charge in [0, 0.05) is 19.3 Å². The zero-order valence-corrected chi connectivity index (χ0v) is 50.5. The molecule has 0 amide bonds. The van der Waals surface area contributed by atoms with E-state index in [-0.39, 0.29) is 31.1 Å². The van der Waals surface area contributed by atoms with Gasteiger partial charge in [-0.15, -0.1) is 0 Å². The van der Waals surface area contributed by atoms with Gasteiger partial charge in [0.25, 0.3) is 0 Å². The molecule has 76 heavy (non-hydrogen) atoms. The number of ether oxygens (including phenoxy) is 3. The molecule has 0 saturated heterocycles. The van der Waals surface area contributed by atoms with E-state index in [4.69, 9.17) is 14.2 Å². The molecule has 0 spiro atoms. The molecule has 1 atom stereocenters. The topological polar surface area (TPSA) is 78.9 Å². The lowest BCUT2D eigenvalue weighted by Crippen LogP contribution is -2.30. The summed E-state index contributed by atoms with van der Waals surface area (Å²) in [7, 11) is 0. The summed E-state index contributed by atoms with van der Waals surface area (Å²) in [5.41, 5.74) is 0. The first-order chi connectivity index (χ1) is 37.5. The normalized spacial score (nSPS) is 12.5. The molecule has 6 heteroatoms. The average molecular weight is 1060 g/mol. The van der Waals surface area contributed by atoms with Gasteiger partial charge in [-0.3, -0.25) is 14.4 Å². The number of rotatable bonds is 60. The molecular formula is C70H124O6. The van der Waals surface area contributed by atoms with Crippen LogP contribution in [-0.2, 0) is 28.6 Å². The summed E-state index contributed by atoms with van der Waals surface area (Å²) >= 11 is 0. The molecule has 0 aliphatic carbocycles. The maximum Gasteiger partial charge on any atom is 0.306 e. The van der Waals surface area contributed by atoms with Crippen molar-refractivity contribution < 1.29 is 28.6 Å². The molecule has 0 aromatic rings. The number of allylic oxidation sites excluding steroid dienone is 12. The molecule has 0 heterocycles. The fraction of sp³-hybridized carbons (Fsp3) is 0.786. The Balaban J connectivity index is 4.18. The van der Waals surface area contributed by atoms with E-state index in [1.165, 1.54) is 205 Å². The zero-order valence-electron chi connectivity index (χ0n) is 50.5. The highest BCUT2D eigenvalue weighted by Gasteiger charge is 2.19. The van der Waals surface area contributed by atoms with E-state index in [1.807, 2.05) is 0 Å². The van der Waals surface area contributed by atoms with Crippen LogP contribution in [0.2, 0.25) is 0 Å². The lowest BCUT2D eigenvalue weighted by Gasteiger charge is -2.18. The van der Waals surface area contributed by atoms with Crippen LogP contribution >= 0.6 is 0 Å². The minimum absolute atomic E-state index is 0.0766. The molecule has 0 N–H and O–H groups in total. The number of unbranched alkanes of at least 4 members (excludes halogenated alkanes) is 37. The molecule has 0 saturated carbocycles. The van der Waals surface area contributed by atoms with E-state index in [9.17, 15) is 14.4 Å². The summed E-state index contributed by atoms with van der Waals surface area (Å²) in [4.78, 5) is 38.3. The van der Waals surface area contributed by atoms with Crippen molar-refractivity contribution in [2.45, 2.75) is 341 Å². The Morgan fingerprint density at radius 1 is 0.276 bits per heavy atom. The van der Waals surface area contributed by atoms with Gasteiger partial charge in [0.15, 0.2) is 6.10 Å². The summed E-state index contributed by atoms with van der Waals surface area (Å²) in [6.07, 6.45) is 83.5. The lowest BCUT2D eigenvalue weighted by molar-refractivity contribution is -0.167. The largest absolute Gasteiger partial charge is 0.462 e. The van der Waals surface area contributed by atoms with Crippen molar-refractivity contribution in [1.29, 1.82) is 0 Å². The SMILES string of the molecule is CC/C=C\C/C=C\C/C=C\C/C=C\CCCCCCCCCCCCCCCCCCC(=O)OCC(COC(=O)CCCCCCC/C=C\CCCC)OC(=O)CCCCCCCCC/C=C\CCCCCCCCC. The summed E-state index contributed by atoms with van der Waals surface area (Å²) in [6.45, 7) is 6.52. The Hall–Kier alpha value is -3.15. The van der Waals surface area contributed by atoms with Gasteiger partial charge < -0.3 is 14.2 Å². The van der Waals surface area contributed by atoms with Crippen LogP contribution in [0, 0.1) is 0 Å². The quantitative estimate of drug-likeness (QED) is 0.0261. The first-order valence-electron chi connectivity index (χ1n) is 32.9. The van der Waals surface area contributed by atoms with Gasteiger partial charge in [0.1, 0.15) is 13.2 Å². The summed E-state index contributed by atoms with van der Waals surface area (Å²) < 4.78 is 16.9. The molecule has 1 unspecified atom stereocenters. The fourth-order valence-corrected chi connectivity index (χ4v) is 9.47. The Bertz CT molecular complexity index is 1400. The van der Waals surface area contributed by atoms with E-state index in [1.54, 1.807) is 0 Å². The van der Waals surface area contributed by atoms with Gasteiger partial charge in [-0.25, -0.2) is 0 Å². The third kappa shape index (κ3) is 61.7. The number of carbonyl (C=O) groups is 3. The van der Waals surface area contributed by atoms with Crippen LogP contribution in [0.25, 0.3) is 0 Å². The van der Waals surface area contributed by atoms with Crippen molar-refractivity contribution in [3.8, 4) is 0 Å². The summed E-state index contributed by atoms with van der Waals surface area (Å²) in [5.74, 6) is -0.875. The van der Waals surface area contributed by atoms with Crippen LogP contribution in [0.1, 0.15) is 335 Å². The minimum atomic E-state index is -0.779. The van der Waals surface area contributed by atoms with Crippen molar-refractivity contribution in [3.63, 3.8) is 0 Å². The Labute approximate surface area is 472 Å². The molecule has 0 radical (unpaired) electrons. The Kier molecular flexibility index (Phi) is 61.7. The van der Waals surface area contributed by atoms with Crippen LogP contribution in [0.5, 0.6) is 0 Å². The molecule has 0 fully saturated rings. The van der Waals surface area contributed by atoms with Crippen LogP contribution < -0.4 is 0 Å².